The molecule has 6 atom stereocenters. The second-order valence-electron chi connectivity index (χ2n) is 10.2. The van der Waals surface area contributed by atoms with E-state index in [2.05, 4.69) is 10.6 Å². The van der Waals surface area contributed by atoms with Crippen molar-refractivity contribution in [1.82, 2.24) is 10.2 Å². The van der Waals surface area contributed by atoms with E-state index in [4.69, 9.17) is 4.74 Å². The zero-order chi connectivity index (χ0) is 24.1. The topological polar surface area (TPSA) is 108 Å². The number of hydrogen-bond acceptors (Lipinski definition) is 5. The summed E-state index contributed by atoms with van der Waals surface area (Å²) in [6.07, 6.45) is 1.32. The molecule has 180 valence electrons. The molecule has 8 nitrogen and oxygen atoms in total. The smallest absolute Gasteiger partial charge is 0.250 e. The Labute approximate surface area is 195 Å². The molecule has 0 aromatic heterocycles. The number of fused-ring (bicyclic) bond motifs is 1. The number of nitrogens with zero attached hydrogens (tertiary/aromatic N) is 1. The van der Waals surface area contributed by atoms with Crippen LogP contribution in [0.4, 0.5) is 5.69 Å². The maximum Gasteiger partial charge on any atom is 0.250 e. The van der Waals surface area contributed by atoms with Gasteiger partial charge in [0, 0.05) is 12.7 Å². The molecule has 2 unspecified atom stereocenters. The summed E-state index contributed by atoms with van der Waals surface area (Å²) in [5.41, 5.74) is 1.55. The zero-order valence-electron chi connectivity index (χ0n) is 20.1. The summed E-state index contributed by atoms with van der Waals surface area (Å²) in [6, 6.07) is 4.38. The van der Waals surface area contributed by atoms with Crippen molar-refractivity contribution in [1.29, 1.82) is 0 Å². The number of nitrogens with one attached hydrogen (secondary N) is 2. The van der Waals surface area contributed by atoms with Crippen molar-refractivity contribution in [2.75, 3.05) is 19.0 Å². The van der Waals surface area contributed by atoms with Crippen LogP contribution in [-0.4, -0.2) is 65.2 Å². The van der Waals surface area contributed by atoms with Crippen LogP contribution in [0.2, 0.25) is 0 Å². The molecule has 1 aromatic rings. The van der Waals surface area contributed by atoms with E-state index in [1.807, 2.05) is 45.9 Å². The van der Waals surface area contributed by atoms with Crippen LogP contribution in [0.1, 0.15) is 44.2 Å². The van der Waals surface area contributed by atoms with Crippen molar-refractivity contribution in [2.24, 2.45) is 17.8 Å². The maximum atomic E-state index is 13.8. The van der Waals surface area contributed by atoms with E-state index in [9.17, 15) is 19.5 Å². The molecule has 1 aromatic carbocycles. The molecule has 2 bridgehead atoms. The molecular weight excluding hydrogens is 422 g/mol. The Bertz CT molecular complexity index is 963. The number of ether oxygens (including phenoxy) is 1. The SMILES string of the molecule is CNC(=O)[C@@H]1[C@@H]2CCC3(O2)C(C(=O)Nc2cc(C)ccc2C)N([C@@H](CO)CC(C)C)C(=O)[C@H]13. The van der Waals surface area contributed by atoms with Gasteiger partial charge in [0.15, 0.2) is 0 Å². The minimum Gasteiger partial charge on any atom is -0.394 e. The summed E-state index contributed by atoms with van der Waals surface area (Å²) < 4.78 is 6.38. The van der Waals surface area contributed by atoms with Gasteiger partial charge in [0.1, 0.15) is 11.6 Å². The lowest BCUT2D eigenvalue weighted by molar-refractivity contribution is -0.144. The summed E-state index contributed by atoms with van der Waals surface area (Å²) in [7, 11) is 1.55. The van der Waals surface area contributed by atoms with Gasteiger partial charge in [0.2, 0.25) is 17.7 Å². The molecule has 33 heavy (non-hydrogen) atoms. The minimum atomic E-state index is -1.06. The highest BCUT2D eigenvalue weighted by molar-refractivity contribution is 6.04. The third-order valence-corrected chi connectivity index (χ3v) is 7.53. The van der Waals surface area contributed by atoms with Crippen molar-refractivity contribution in [2.45, 2.75) is 70.7 Å². The number of carbonyl (C=O) groups excluding carboxylic acids is 3. The van der Waals surface area contributed by atoms with E-state index >= 15 is 0 Å². The Balaban J connectivity index is 1.77. The molecule has 3 aliphatic rings. The summed E-state index contributed by atoms with van der Waals surface area (Å²) >= 11 is 0. The molecule has 1 spiro atoms. The Morgan fingerprint density at radius 3 is 2.64 bits per heavy atom. The number of aryl methyl sites for hydroxylation is 2. The highest BCUT2D eigenvalue weighted by atomic mass is 16.5. The minimum absolute atomic E-state index is 0.211. The largest absolute Gasteiger partial charge is 0.394 e. The monoisotopic (exact) mass is 457 g/mol. The summed E-state index contributed by atoms with van der Waals surface area (Å²) in [6.45, 7) is 7.65. The van der Waals surface area contributed by atoms with Crippen LogP contribution < -0.4 is 10.6 Å². The first-order valence-corrected chi connectivity index (χ1v) is 11.8. The first kappa shape index (κ1) is 23.7. The molecule has 3 aliphatic heterocycles. The van der Waals surface area contributed by atoms with Gasteiger partial charge in [-0.3, -0.25) is 14.4 Å². The first-order chi connectivity index (χ1) is 15.6. The summed E-state index contributed by atoms with van der Waals surface area (Å²) in [4.78, 5) is 42.0. The average molecular weight is 458 g/mol. The van der Waals surface area contributed by atoms with E-state index in [1.165, 1.54) is 4.90 Å². The maximum absolute atomic E-state index is 13.8. The van der Waals surface area contributed by atoms with Gasteiger partial charge in [-0.2, -0.15) is 0 Å². The van der Waals surface area contributed by atoms with E-state index in [0.717, 1.165) is 11.1 Å². The second kappa shape index (κ2) is 8.72. The Hall–Kier alpha value is -2.45. The zero-order valence-corrected chi connectivity index (χ0v) is 20.1. The van der Waals surface area contributed by atoms with Crippen molar-refractivity contribution in [3.05, 3.63) is 29.3 Å². The number of aliphatic hydroxyl groups excluding tert-OH is 1. The van der Waals surface area contributed by atoms with Crippen LogP contribution in [0.25, 0.3) is 0 Å². The molecule has 3 N–H and O–H groups in total. The summed E-state index contributed by atoms with van der Waals surface area (Å²) in [5.74, 6) is -1.99. The second-order valence-corrected chi connectivity index (χ2v) is 10.2. The lowest BCUT2D eigenvalue weighted by atomic mass is 9.70. The van der Waals surface area contributed by atoms with Crippen LogP contribution >= 0.6 is 0 Å². The van der Waals surface area contributed by atoms with Gasteiger partial charge in [-0.1, -0.05) is 26.0 Å². The molecule has 0 radical (unpaired) electrons. The van der Waals surface area contributed by atoms with Gasteiger partial charge in [-0.25, -0.2) is 0 Å². The van der Waals surface area contributed by atoms with E-state index < -0.39 is 29.5 Å². The Morgan fingerprint density at radius 1 is 1.27 bits per heavy atom. The van der Waals surface area contributed by atoms with Gasteiger partial charge >= 0.3 is 0 Å². The predicted octanol–water partition coefficient (Wildman–Crippen LogP) is 1.77. The number of rotatable bonds is 7. The first-order valence-electron chi connectivity index (χ1n) is 11.8. The third kappa shape index (κ3) is 3.73. The van der Waals surface area contributed by atoms with Crippen molar-refractivity contribution < 1.29 is 24.2 Å². The highest BCUT2D eigenvalue weighted by Gasteiger charge is 2.75. The van der Waals surface area contributed by atoms with Crippen LogP contribution in [0.15, 0.2) is 18.2 Å². The number of hydrogen-bond donors (Lipinski definition) is 3. The van der Waals surface area contributed by atoms with Gasteiger partial charge in [0.05, 0.1) is 30.6 Å². The number of likely N-dealkylation sites (tertiary alicyclic amines) is 1. The Kier molecular flexibility index (Phi) is 6.26. The van der Waals surface area contributed by atoms with Gasteiger partial charge in [-0.05, 0) is 56.2 Å². The van der Waals surface area contributed by atoms with E-state index in [0.29, 0.717) is 24.9 Å². The Morgan fingerprint density at radius 2 is 2.00 bits per heavy atom. The number of carbonyl (C=O) groups is 3. The fraction of sp³-hybridized carbons (Fsp3) is 0.640. The highest BCUT2D eigenvalue weighted by Crippen LogP contribution is 2.59. The lowest BCUT2D eigenvalue weighted by Crippen LogP contribution is -2.56. The van der Waals surface area contributed by atoms with Gasteiger partial charge in [0.25, 0.3) is 0 Å². The van der Waals surface area contributed by atoms with Crippen molar-refractivity contribution in [3.8, 4) is 0 Å². The third-order valence-electron chi connectivity index (χ3n) is 7.53. The number of benzene rings is 1. The quantitative estimate of drug-likeness (QED) is 0.578. The molecule has 0 saturated carbocycles. The van der Waals surface area contributed by atoms with Crippen LogP contribution in [0.5, 0.6) is 0 Å². The average Bonchev–Trinajstić information content (AvgIpc) is 3.41. The fourth-order valence-electron chi connectivity index (χ4n) is 6.14. The fourth-order valence-corrected chi connectivity index (χ4v) is 6.14. The molecule has 0 aliphatic carbocycles. The molecule has 3 amide bonds. The van der Waals surface area contributed by atoms with Crippen molar-refractivity contribution in [3.63, 3.8) is 0 Å². The standard InChI is InChI=1S/C25H35N3O5/c1-13(2)10-16(12-29)28-21(23(31)27-17-11-14(3)6-7-15(17)4)25-9-8-18(33-25)19(22(30)26-5)20(25)24(28)32/h6-7,11,13,16,18-21,29H,8-10,12H2,1-5H3,(H,26,30)(H,27,31)/t16-,18+,19-,20+,21?,25?/m1/s1. The van der Waals surface area contributed by atoms with E-state index in [1.54, 1.807) is 7.05 Å². The van der Waals surface area contributed by atoms with Crippen LogP contribution in [-0.2, 0) is 19.1 Å². The van der Waals surface area contributed by atoms with Gasteiger partial charge < -0.3 is 25.4 Å². The molecule has 3 heterocycles. The van der Waals surface area contributed by atoms with Crippen LogP contribution in [0, 0.1) is 31.6 Å². The predicted molar refractivity (Wildman–Crippen MR) is 123 cm³/mol. The van der Waals surface area contributed by atoms with Crippen LogP contribution in [0.3, 0.4) is 0 Å². The number of amides is 3. The molecule has 4 rings (SSSR count). The van der Waals surface area contributed by atoms with E-state index in [-0.39, 0.29) is 36.4 Å². The normalized spacial score (nSPS) is 31.1. The van der Waals surface area contributed by atoms with Gasteiger partial charge in [-0.15, -0.1) is 0 Å². The molecule has 3 saturated heterocycles. The lowest BCUT2D eigenvalue weighted by Gasteiger charge is -2.37. The van der Waals surface area contributed by atoms with Crippen molar-refractivity contribution >= 4 is 23.4 Å². The number of anilines is 1. The summed E-state index contributed by atoms with van der Waals surface area (Å²) in [5, 5.41) is 15.9. The number of aliphatic hydroxyl groups is 1. The molecular formula is C25H35N3O5. The molecule has 3 fully saturated rings. The molecule has 8 heteroatoms.